The Morgan fingerprint density at radius 1 is 0.914 bits per heavy atom. The number of carbonyl (C=O) groups excluding carboxylic acids is 3. The number of ketones is 1. The van der Waals surface area contributed by atoms with Crippen LogP contribution in [0.15, 0.2) is 48.5 Å². The van der Waals surface area contributed by atoms with Crippen LogP contribution in [0.3, 0.4) is 0 Å². The Bertz CT molecular complexity index is 998. The molecule has 0 bridgehead atoms. The van der Waals surface area contributed by atoms with E-state index in [4.69, 9.17) is 9.47 Å². The average Bonchev–Trinajstić information content (AvgIpc) is 3.14. The summed E-state index contributed by atoms with van der Waals surface area (Å²) in [6.45, 7) is 7.84. The molecule has 0 saturated carbocycles. The monoisotopic (exact) mass is 480 g/mol. The van der Waals surface area contributed by atoms with E-state index in [0.717, 1.165) is 22.3 Å². The summed E-state index contributed by atoms with van der Waals surface area (Å²) in [6, 6.07) is 15.7. The summed E-state index contributed by atoms with van der Waals surface area (Å²) in [5, 5.41) is 5.45. The van der Waals surface area contributed by atoms with Gasteiger partial charge in [0.1, 0.15) is 12.2 Å². The summed E-state index contributed by atoms with van der Waals surface area (Å²) < 4.78 is 10.8. The zero-order chi connectivity index (χ0) is 25.4. The maximum absolute atomic E-state index is 12.6. The second kappa shape index (κ2) is 11.9. The van der Waals surface area contributed by atoms with Crippen molar-refractivity contribution in [2.75, 3.05) is 13.2 Å². The molecule has 0 fully saturated rings. The number of amides is 2. The number of benzene rings is 2. The minimum absolute atomic E-state index is 0.0348. The molecule has 188 valence electrons. The number of nitrogens with one attached hydrogen (secondary N) is 2. The number of hydrogen-bond donors (Lipinski definition) is 2. The highest BCUT2D eigenvalue weighted by molar-refractivity contribution is 5.87. The topological polar surface area (TPSA) is 93.7 Å². The van der Waals surface area contributed by atoms with Crippen LogP contribution >= 0.6 is 0 Å². The minimum Gasteiger partial charge on any atom is -0.449 e. The molecule has 1 aliphatic carbocycles. The predicted molar refractivity (Wildman–Crippen MR) is 135 cm³/mol. The van der Waals surface area contributed by atoms with E-state index in [1.807, 2.05) is 45.0 Å². The lowest BCUT2D eigenvalue weighted by molar-refractivity contribution is -0.120. The number of carbonyl (C=O) groups is 3. The molecular formula is C28H36N2O5. The van der Waals surface area contributed by atoms with Gasteiger partial charge >= 0.3 is 12.2 Å². The molecule has 1 aliphatic rings. The maximum atomic E-state index is 12.6. The molecule has 1 atom stereocenters. The minimum atomic E-state index is -0.614. The highest BCUT2D eigenvalue weighted by Gasteiger charge is 2.29. The third kappa shape index (κ3) is 7.31. The number of alkyl carbamates (subject to hydrolysis) is 2. The SMILES string of the molecule is CCC(=O)[C@H](CCCCNC(=O)OC(C)(C)C)NC(=O)OCC1c2ccccc2-c2ccccc21. The van der Waals surface area contributed by atoms with Crippen molar-refractivity contribution in [3.05, 3.63) is 59.7 Å². The standard InChI is InChI=1S/C28H36N2O5/c1-5-25(31)24(16-10-11-17-29-26(32)35-28(2,3)4)30-27(33)34-18-23-21-14-8-6-12-19(21)20-13-7-9-15-22(20)23/h6-9,12-15,23-24H,5,10-11,16-18H2,1-4H3,(H,29,32)(H,30,33)/t24-/m0/s1. The first kappa shape index (κ1) is 26.3. The van der Waals surface area contributed by atoms with Crippen LogP contribution in [-0.2, 0) is 14.3 Å². The van der Waals surface area contributed by atoms with Crippen LogP contribution < -0.4 is 10.6 Å². The third-order valence-electron chi connectivity index (χ3n) is 5.96. The van der Waals surface area contributed by atoms with Crippen LogP contribution in [0.4, 0.5) is 9.59 Å². The Kier molecular flexibility index (Phi) is 8.90. The molecule has 2 aromatic carbocycles. The van der Waals surface area contributed by atoms with Crippen molar-refractivity contribution in [2.45, 2.75) is 70.9 Å². The van der Waals surface area contributed by atoms with E-state index < -0.39 is 23.8 Å². The Labute approximate surface area is 207 Å². The lowest BCUT2D eigenvalue weighted by Crippen LogP contribution is -2.41. The fraction of sp³-hybridized carbons (Fsp3) is 0.464. The lowest BCUT2D eigenvalue weighted by atomic mass is 9.98. The van der Waals surface area contributed by atoms with Gasteiger partial charge in [0.15, 0.2) is 5.78 Å². The smallest absolute Gasteiger partial charge is 0.407 e. The fourth-order valence-electron chi connectivity index (χ4n) is 4.32. The molecule has 0 saturated heterocycles. The van der Waals surface area contributed by atoms with Gasteiger partial charge in [0, 0.05) is 18.9 Å². The molecule has 7 heteroatoms. The molecular weight excluding hydrogens is 444 g/mol. The van der Waals surface area contributed by atoms with E-state index in [1.54, 1.807) is 6.92 Å². The summed E-state index contributed by atoms with van der Waals surface area (Å²) in [6.07, 6.45) is 1.08. The first-order chi connectivity index (χ1) is 16.7. The largest absolute Gasteiger partial charge is 0.449 e. The van der Waals surface area contributed by atoms with Gasteiger partial charge in [-0.15, -0.1) is 0 Å². The van der Waals surface area contributed by atoms with Crippen molar-refractivity contribution in [3.63, 3.8) is 0 Å². The summed E-state index contributed by atoms with van der Waals surface area (Å²) >= 11 is 0. The Balaban J connectivity index is 1.49. The quantitative estimate of drug-likeness (QED) is 0.434. The number of ether oxygens (including phenoxy) is 2. The van der Waals surface area contributed by atoms with Gasteiger partial charge in [0.05, 0.1) is 6.04 Å². The molecule has 2 amide bonds. The molecule has 0 spiro atoms. The summed E-state index contributed by atoms with van der Waals surface area (Å²) in [7, 11) is 0. The zero-order valence-electron chi connectivity index (χ0n) is 21.1. The van der Waals surface area contributed by atoms with Gasteiger partial charge in [0.2, 0.25) is 0 Å². The highest BCUT2D eigenvalue weighted by atomic mass is 16.6. The van der Waals surface area contributed by atoms with E-state index in [9.17, 15) is 14.4 Å². The Hall–Kier alpha value is -3.35. The van der Waals surface area contributed by atoms with Crippen molar-refractivity contribution in [2.24, 2.45) is 0 Å². The van der Waals surface area contributed by atoms with Crippen LogP contribution in [0, 0.1) is 0 Å². The zero-order valence-corrected chi connectivity index (χ0v) is 21.1. The molecule has 2 N–H and O–H groups in total. The summed E-state index contributed by atoms with van der Waals surface area (Å²) in [5.41, 5.74) is 4.06. The maximum Gasteiger partial charge on any atom is 0.407 e. The van der Waals surface area contributed by atoms with Crippen LogP contribution in [0.5, 0.6) is 0 Å². The number of hydrogen-bond acceptors (Lipinski definition) is 5. The second-order valence-corrected chi connectivity index (χ2v) is 9.77. The van der Waals surface area contributed by atoms with E-state index >= 15 is 0 Å². The number of Topliss-reactive ketones (excluding diaryl/α,β-unsaturated/α-hetero) is 1. The first-order valence-corrected chi connectivity index (χ1v) is 12.3. The van der Waals surface area contributed by atoms with Crippen LogP contribution in [0.25, 0.3) is 11.1 Å². The number of unbranched alkanes of at least 4 members (excludes halogenated alkanes) is 1. The van der Waals surface area contributed by atoms with Crippen molar-refractivity contribution >= 4 is 18.0 Å². The molecule has 0 aromatic heterocycles. The molecule has 35 heavy (non-hydrogen) atoms. The second-order valence-electron chi connectivity index (χ2n) is 9.77. The van der Waals surface area contributed by atoms with Crippen molar-refractivity contribution in [1.82, 2.24) is 10.6 Å². The Morgan fingerprint density at radius 2 is 1.51 bits per heavy atom. The number of fused-ring (bicyclic) bond motifs is 3. The molecule has 3 rings (SSSR count). The Morgan fingerprint density at radius 3 is 2.09 bits per heavy atom. The number of rotatable bonds is 10. The lowest BCUT2D eigenvalue weighted by Gasteiger charge is -2.20. The van der Waals surface area contributed by atoms with Crippen molar-refractivity contribution in [1.29, 1.82) is 0 Å². The van der Waals surface area contributed by atoms with Crippen molar-refractivity contribution < 1.29 is 23.9 Å². The molecule has 0 aliphatic heterocycles. The third-order valence-corrected chi connectivity index (χ3v) is 5.96. The molecule has 7 nitrogen and oxygen atoms in total. The van der Waals surface area contributed by atoms with Gasteiger partial charge in [-0.05, 0) is 62.3 Å². The molecule has 0 unspecified atom stereocenters. The van der Waals surface area contributed by atoms with E-state index in [2.05, 4.69) is 34.9 Å². The van der Waals surface area contributed by atoms with Gasteiger partial charge in [-0.25, -0.2) is 9.59 Å². The van der Waals surface area contributed by atoms with Gasteiger partial charge in [0.25, 0.3) is 0 Å². The van der Waals surface area contributed by atoms with Crippen molar-refractivity contribution in [3.8, 4) is 11.1 Å². The van der Waals surface area contributed by atoms with Gasteiger partial charge in [-0.2, -0.15) is 0 Å². The van der Waals surface area contributed by atoms with E-state index in [1.165, 1.54) is 0 Å². The highest BCUT2D eigenvalue weighted by Crippen LogP contribution is 2.44. The average molecular weight is 481 g/mol. The molecule has 2 aromatic rings. The van der Waals surface area contributed by atoms with E-state index in [-0.39, 0.29) is 18.3 Å². The van der Waals surface area contributed by atoms with Gasteiger partial charge < -0.3 is 20.1 Å². The fourth-order valence-corrected chi connectivity index (χ4v) is 4.32. The van der Waals surface area contributed by atoms with Gasteiger partial charge in [-0.1, -0.05) is 55.5 Å². The molecule has 0 radical (unpaired) electrons. The summed E-state index contributed by atoms with van der Waals surface area (Å²) in [4.78, 5) is 36.7. The van der Waals surface area contributed by atoms with Crippen LogP contribution in [0.1, 0.15) is 70.4 Å². The van der Waals surface area contributed by atoms with E-state index in [0.29, 0.717) is 32.2 Å². The summed E-state index contributed by atoms with van der Waals surface area (Å²) in [5.74, 6) is -0.0778. The molecule has 0 heterocycles. The normalized spacial score (nSPS) is 13.4. The predicted octanol–water partition coefficient (Wildman–Crippen LogP) is 5.57. The van der Waals surface area contributed by atoms with Gasteiger partial charge in [-0.3, -0.25) is 4.79 Å². The van der Waals surface area contributed by atoms with Crippen LogP contribution in [0.2, 0.25) is 0 Å². The van der Waals surface area contributed by atoms with Crippen LogP contribution in [-0.4, -0.2) is 42.8 Å². The first-order valence-electron chi connectivity index (χ1n) is 12.3.